The van der Waals surface area contributed by atoms with Crippen molar-refractivity contribution in [2.24, 2.45) is 0 Å². The maximum Gasteiger partial charge on any atom is 0.265 e. The zero-order valence-corrected chi connectivity index (χ0v) is 13.9. The van der Waals surface area contributed by atoms with E-state index in [1.54, 1.807) is 7.11 Å². The van der Waals surface area contributed by atoms with Gasteiger partial charge in [-0.2, -0.15) is 0 Å². The molecule has 3 rings (SSSR count). The van der Waals surface area contributed by atoms with E-state index in [2.05, 4.69) is 5.32 Å². The van der Waals surface area contributed by atoms with E-state index < -0.39 is 0 Å². The number of rotatable bonds is 3. The molecule has 1 heterocycles. The number of carbonyl (C=O) groups excluding carboxylic acids is 1. The van der Waals surface area contributed by atoms with Gasteiger partial charge in [0.05, 0.1) is 13.2 Å². The van der Waals surface area contributed by atoms with E-state index in [0.29, 0.717) is 10.6 Å². The maximum absolute atomic E-state index is 12.4. The second-order valence-corrected chi connectivity index (χ2v) is 6.11. The number of aryl methyl sites for hydroxylation is 1. The number of hydrogen-bond acceptors (Lipinski definition) is 4. The molecule has 0 spiro atoms. The topological polar surface area (TPSA) is 64.3 Å². The summed E-state index contributed by atoms with van der Waals surface area (Å²) in [6.45, 7) is 0. The number of fused-ring (bicyclic) bond motifs is 1. The van der Waals surface area contributed by atoms with Crippen LogP contribution in [0.15, 0.2) is 29.6 Å². The number of amides is 1. The molecule has 3 N–H and O–H groups in total. The highest BCUT2D eigenvalue weighted by atomic mass is 35.5. The molecule has 1 aliphatic rings. The van der Waals surface area contributed by atoms with E-state index in [-0.39, 0.29) is 24.4 Å². The summed E-state index contributed by atoms with van der Waals surface area (Å²) in [5, 5.41) is 4.99. The van der Waals surface area contributed by atoms with Gasteiger partial charge in [-0.05, 0) is 54.0 Å². The average Bonchev–Trinajstić information content (AvgIpc) is 2.95. The molecule has 0 bridgehead atoms. The van der Waals surface area contributed by atoms with E-state index in [9.17, 15) is 4.79 Å². The maximum atomic E-state index is 12.4. The number of benzene rings is 1. The number of carbonyl (C=O) groups is 1. The van der Waals surface area contributed by atoms with Gasteiger partial charge in [-0.25, -0.2) is 0 Å². The van der Waals surface area contributed by atoms with Gasteiger partial charge in [-0.1, -0.05) is 6.07 Å². The van der Waals surface area contributed by atoms with E-state index in [1.165, 1.54) is 22.5 Å². The van der Waals surface area contributed by atoms with Crippen molar-refractivity contribution in [1.82, 2.24) is 5.32 Å². The van der Waals surface area contributed by atoms with Crippen LogP contribution in [0.25, 0.3) is 0 Å². The van der Waals surface area contributed by atoms with E-state index in [4.69, 9.17) is 10.5 Å². The third kappa shape index (κ3) is 3.20. The van der Waals surface area contributed by atoms with Crippen molar-refractivity contribution in [2.45, 2.75) is 25.3 Å². The fraction of sp³-hybridized carbons (Fsp3) is 0.312. The lowest BCUT2D eigenvalue weighted by molar-refractivity contribution is 0.0934. The number of thiophene rings is 1. The first kappa shape index (κ1) is 16.6. The van der Waals surface area contributed by atoms with Gasteiger partial charge in [-0.3, -0.25) is 4.79 Å². The van der Waals surface area contributed by atoms with Crippen LogP contribution in [-0.4, -0.2) is 13.0 Å². The summed E-state index contributed by atoms with van der Waals surface area (Å²) in [5.41, 5.74) is 9.04. The number of nitrogen functional groups attached to an aromatic ring is 1. The van der Waals surface area contributed by atoms with Gasteiger partial charge in [0.1, 0.15) is 10.6 Å². The van der Waals surface area contributed by atoms with Crippen molar-refractivity contribution >= 4 is 35.3 Å². The zero-order chi connectivity index (χ0) is 14.8. The molecule has 0 radical (unpaired) electrons. The molecule has 118 valence electrons. The van der Waals surface area contributed by atoms with Crippen molar-refractivity contribution in [3.8, 4) is 5.75 Å². The summed E-state index contributed by atoms with van der Waals surface area (Å²) in [6.07, 6.45) is 3.04. The van der Waals surface area contributed by atoms with Gasteiger partial charge in [0.25, 0.3) is 5.91 Å². The number of hydrogen-bond donors (Lipinski definition) is 2. The van der Waals surface area contributed by atoms with Gasteiger partial charge in [-0.15, -0.1) is 23.7 Å². The van der Waals surface area contributed by atoms with Crippen molar-refractivity contribution in [3.63, 3.8) is 0 Å². The third-order valence-corrected chi connectivity index (χ3v) is 4.74. The van der Waals surface area contributed by atoms with Crippen molar-refractivity contribution < 1.29 is 9.53 Å². The Morgan fingerprint density at radius 3 is 3.00 bits per heavy atom. The van der Waals surface area contributed by atoms with Crippen molar-refractivity contribution in [3.05, 3.63) is 45.6 Å². The lowest BCUT2D eigenvalue weighted by Crippen LogP contribution is -2.30. The highest BCUT2D eigenvalue weighted by Gasteiger charge is 2.24. The molecule has 0 saturated carbocycles. The molecule has 1 amide bonds. The summed E-state index contributed by atoms with van der Waals surface area (Å²) >= 11 is 1.40. The molecule has 2 aromatic rings. The molecule has 1 aliphatic carbocycles. The quantitative estimate of drug-likeness (QED) is 0.841. The van der Waals surface area contributed by atoms with Crippen LogP contribution in [0.3, 0.4) is 0 Å². The summed E-state index contributed by atoms with van der Waals surface area (Å²) in [7, 11) is 1.58. The molecule has 0 saturated heterocycles. The molecular weight excluding hydrogens is 320 g/mol. The van der Waals surface area contributed by atoms with E-state index in [1.807, 2.05) is 29.6 Å². The lowest BCUT2D eigenvalue weighted by Gasteiger charge is -2.26. The number of halogens is 1. The van der Waals surface area contributed by atoms with Gasteiger partial charge in [0.2, 0.25) is 0 Å². The minimum atomic E-state index is -0.0727. The highest BCUT2D eigenvalue weighted by Crippen LogP contribution is 2.32. The minimum Gasteiger partial charge on any atom is -0.495 e. The number of nitrogens with two attached hydrogens (primary N) is 1. The summed E-state index contributed by atoms with van der Waals surface area (Å²) in [5.74, 6) is 0.558. The average molecular weight is 339 g/mol. The molecule has 1 unspecified atom stereocenters. The third-order valence-electron chi connectivity index (χ3n) is 3.84. The van der Waals surface area contributed by atoms with Crippen LogP contribution in [0.1, 0.15) is 39.7 Å². The van der Waals surface area contributed by atoms with Gasteiger partial charge in [0.15, 0.2) is 0 Å². The molecule has 22 heavy (non-hydrogen) atoms. The number of ether oxygens (including phenoxy) is 1. The fourth-order valence-corrected chi connectivity index (χ4v) is 3.59. The Kier molecular flexibility index (Phi) is 5.32. The first-order valence-corrected chi connectivity index (χ1v) is 7.87. The number of nitrogens with one attached hydrogen (secondary N) is 1. The highest BCUT2D eigenvalue weighted by molar-refractivity contribution is 7.12. The minimum absolute atomic E-state index is 0. The first-order chi connectivity index (χ1) is 10.2. The predicted molar refractivity (Wildman–Crippen MR) is 92.1 cm³/mol. The van der Waals surface area contributed by atoms with Crippen LogP contribution in [0, 0.1) is 0 Å². The van der Waals surface area contributed by atoms with Crippen molar-refractivity contribution in [1.29, 1.82) is 0 Å². The van der Waals surface area contributed by atoms with E-state index in [0.717, 1.165) is 24.9 Å². The first-order valence-electron chi connectivity index (χ1n) is 6.99. The van der Waals surface area contributed by atoms with Gasteiger partial charge >= 0.3 is 0 Å². The summed E-state index contributed by atoms with van der Waals surface area (Å²) in [6, 6.07) is 7.80. The molecule has 6 heteroatoms. The second kappa shape index (κ2) is 7.03. The summed E-state index contributed by atoms with van der Waals surface area (Å²) in [4.78, 5) is 13.1. The van der Waals surface area contributed by atoms with E-state index >= 15 is 0 Å². The molecule has 4 nitrogen and oxygen atoms in total. The zero-order valence-electron chi connectivity index (χ0n) is 12.3. The number of anilines is 1. The van der Waals surface area contributed by atoms with Gasteiger partial charge in [0, 0.05) is 5.69 Å². The number of methoxy groups -OCH3 is 1. The fourth-order valence-electron chi connectivity index (χ4n) is 2.83. The predicted octanol–water partition coefficient (Wildman–Crippen LogP) is 3.57. The standard InChI is InChI=1S/C16H18N2O2S.ClH/c1-20-14-7-8-21-15(14)16(19)18-13-4-2-3-10-9-11(17)5-6-12(10)13;/h5-9,13H,2-4,17H2,1H3,(H,18,19);1H. The van der Waals surface area contributed by atoms with Crippen LogP contribution in [0.5, 0.6) is 5.75 Å². The lowest BCUT2D eigenvalue weighted by atomic mass is 9.87. The van der Waals surface area contributed by atoms with Crippen LogP contribution in [-0.2, 0) is 6.42 Å². The Labute approximate surface area is 140 Å². The Hall–Kier alpha value is -1.72. The molecular formula is C16H19ClN2O2S. The van der Waals surface area contributed by atoms with Crippen LogP contribution < -0.4 is 15.8 Å². The largest absolute Gasteiger partial charge is 0.495 e. The van der Waals surface area contributed by atoms with Gasteiger partial charge < -0.3 is 15.8 Å². The van der Waals surface area contributed by atoms with Crippen LogP contribution >= 0.6 is 23.7 Å². The Morgan fingerprint density at radius 1 is 1.41 bits per heavy atom. The smallest absolute Gasteiger partial charge is 0.265 e. The molecule has 0 fully saturated rings. The monoisotopic (exact) mass is 338 g/mol. The Bertz CT molecular complexity index is 672. The second-order valence-electron chi connectivity index (χ2n) is 5.19. The molecule has 1 aromatic carbocycles. The Balaban J connectivity index is 0.00000176. The SMILES string of the molecule is COc1ccsc1C(=O)NC1CCCc2cc(N)ccc21.Cl. The molecule has 1 atom stereocenters. The van der Waals surface area contributed by atoms with Crippen LogP contribution in [0.4, 0.5) is 5.69 Å². The molecule has 1 aromatic heterocycles. The normalized spacial score (nSPS) is 16.3. The molecule has 0 aliphatic heterocycles. The summed E-state index contributed by atoms with van der Waals surface area (Å²) < 4.78 is 5.21. The Morgan fingerprint density at radius 2 is 2.23 bits per heavy atom. The van der Waals surface area contributed by atoms with Crippen LogP contribution in [0.2, 0.25) is 0 Å². The van der Waals surface area contributed by atoms with Crippen molar-refractivity contribution in [2.75, 3.05) is 12.8 Å².